The van der Waals surface area contributed by atoms with Gasteiger partial charge in [-0.1, -0.05) is 48.0 Å². The third-order valence-electron chi connectivity index (χ3n) is 14.0. The average molecular weight is 693 g/mol. The van der Waals surface area contributed by atoms with E-state index in [1.54, 1.807) is 0 Å². The van der Waals surface area contributed by atoms with Crippen molar-refractivity contribution in [2.45, 2.75) is 155 Å². The molecule has 0 aromatic heterocycles. The molecule has 14 atom stereocenters. The first-order valence-electron chi connectivity index (χ1n) is 17.6. The molecule has 6 unspecified atom stereocenters. The summed E-state index contributed by atoms with van der Waals surface area (Å²) in [7, 11) is -9.74. The molecule has 2 aliphatic heterocycles. The molecule has 11 nitrogen and oxygen atoms in total. The van der Waals surface area contributed by atoms with Crippen molar-refractivity contribution in [2.75, 3.05) is 0 Å². The molecule has 6 fully saturated rings. The zero-order valence-corrected chi connectivity index (χ0v) is 30.1. The van der Waals surface area contributed by atoms with Gasteiger partial charge in [-0.25, -0.2) is 8.37 Å². The summed E-state index contributed by atoms with van der Waals surface area (Å²) in [5.74, 6) is 1.26. The lowest BCUT2D eigenvalue weighted by molar-refractivity contribution is -0.403. The van der Waals surface area contributed by atoms with E-state index in [-0.39, 0.29) is 53.6 Å². The van der Waals surface area contributed by atoms with Gasteiger partial charge in [0.1, 0.15) is 17.8 Å². The molecule has 0 amide bonds. The summed E-state index contributed by atoms with van der Waals surface area (Å²) in [5, 5.41) is 0. The van der Waals surface area contributed by atoms with Crippen LogP contribution in [0.25, 0.3) is 0 Å². The number of hydrogen-bond donors (Lipinski definition) is 2. The molecule has 2 saturated heterocycles. The third-order valence-corrected chi connectivity index (χ3v) is 14.9. The molecule has 0 aromatic rings. The van der Waals surface area contributed by atoms with Gasteiger partial charge < -0.3 is 14.2 Å². The van der Waals surface area contributed by atoms with Crippen LogP contribution in [0.5, 0.6) is 0 Å². The van der Waals surface area contributed by atoms with E-state index >= 15 is 0 Å². The first kappa shape index (κ1) is 35.4. The molecule has 2 heterocycles. The predicted molar refractivity (Wildman–Crippen MR) is 169 cm³/mol. The summed E-state index contributed by atoms with van der Waals surface area (Å²) in [6.45, 7) is 15.9. The van der Waals surface area contributed by atoms with E-state index in [0.29, 0.717) is 30.1 Å². The minimum absolute atomic E-state index is 0.0169. The van der Waals surface area contributed by atoms with Crippen molar-refractivity contribution in [1.82, 2.24) is 0 Å². The van der Waals surface area contributed by atoms with Crippen LogP contribution in [-0.2, 0) is 43.4 Å². The van der Waals surface area contributed by atoms with Gasteiger partial charge in [-0.2, -0.15) is 16.8 Å². The fourth-order valence-corrected chi connectivity index (χ4v) is 13.1. The largest absolute Gasteiger partial charge is 0.397 e. The van der Waals surface area contributed by atoms with E-state index < -0.39 is 44.6 Å². The molecule has 4 aliphatic carbocycles. The van der Waals surface area contributed by atoms with E-state index in [4.69, 9.17) is 22.6 Å². The Morgan fingerprint density at radius 3 is 2.15 bits per heavy atom. The number of fused-ring (bicyclic) bond motifs is 10. The van der Waals surface area contributed by atoms with Crippen LogP contribution >= 0.6 is 0 Å². The van der Waals surface area contributed by atoms with Gasteiger partial charge in [0.05, 0.1) is 12.2 Å². The summed E-state index contributed by atoms with van der Waals surface area (Å²) < 4.78 is 96.8. The minimum Gasteiger partial charge on any atom is -0.324 e. The topological polar surface area (TPSA) is 155 Å². The van der Waals surface area contributed by atoms with Crippen molar-refractivity contribution in [3.8, 4) is 0 Å². The van der Waals surface area contributed by atoms with Crippen LogP contribution in [0.3, 0.4) is 0 Å². The number of rotatable bonds is 10. The van der Waals surface area contributed by atoms with Gasteiger partial charge in [-0.3, -0.25) is 9.11 Å². The maximum absolute atomic E-state index is 11.8. The normalized spacial score (nSPS) is 49.2. The molecule has 6 aliphatic rings. The van der Waals surface area contributed by atoms with Crippen LogP contribution in [0.1, 0.15) is 119 Å². The lowest BCUT2D eigenvalue weighted by Gasteiger charge is -2.62. The second-order valence-electron chi connectivity index (χ2n) is 16.6. The summed E-state index contributed by atoms with van der Waals surface area (Å²) in [5.41, 5.74) is -0.881. The highest BCUT2D eigenvalue weighted by Gasteiger charge is 2.74. The zero-order valence-electron chi connectivity index (χ0n) is 28.5. The fourth-order valence-electron chi connectivity index (χ4n) is 12.1. The summed E-state index contributed by atoms with van der Waals surface area (Å²) in [6, 6.07) is 0. The van der Waals surface area contributed by atoms with Gasteiger partial charge in [0.25, 0.3) is 5.97 Å². The van der Waals surface area contributed by atoms with Crippen molar-refractivity contribution < 1.29 is 48.5 Å². The molecule has 4 saturated carbocycles. The van der Waals surface area contributed by atoms with Crippen LogP contribution in [0.2, 0.25) is 0 Å². The second kappa shape index (κ2) is 11.9. The minimum atomic E-state index is -4.89. The Morgan fingerprint density at radius 2 is 1.54 bits per heavy atom. The molecular formula is C33H56O11S2. The van der Waals surface area contributed by atoms with Crippen LogP contribution in [0.4, 0.5) is 0 Å². The van der Waals surface area contributed by atoms with E-state index in [0.717, 1.165) is 51.4 Å². The molecule has 0 aromatic carbocycles. The molecule has 46 heavy (non-hydrogen) atoms. The van der Waals surface area contributed by atoms with Crippen LogP contribution in [-0.4, -0.2) is 61.9 Å². The molecule has 0 spiro atoms. The van der Waals surface area contributed by atoms with Gasteiger partial charge in [-0.15, -0.1) is 0 Å². The van der Waals surface area contributed by atoms with E-state index in [2.05, 4.69) is 48.5 Å². The lowest BCUT2D eigenvalue weighted by Crippen LogP contribution is -2.61. The Balaban J connectivity index is 1.30. The molecule has 2 bridgehead atoms. The molecule has 13 heteroatoms. The number of hydrogen-bond acceptors (Lipinski definition) is 9. The highest BCUT2D eigenvalue weighted by atomic mass is 32.3. The quantitative estimate of drug-likeness (QED) is 0.247. The van der Waals surface area contributed by atoms with Crippen LogP contribution in [0.15, 0.2) is 0 Å². The molecule has 6 rings (SSSR count). The SMILES string of the molecule is CCCC12OC3C[C@H]4[C@@H]5CC[C@H]6CC(OS(=O)(=O)O)C(OS(=O)(=O)O)C[C@]6(C)[C@H]5CC[C@]4(C)C3[C@@](C)(O1)[C@@H](CC(CC)C(C)C)O2. The smallest absolute Gasteiger partial charge is 0.324 e. The average Bonchev–Trinajstić information content (AvgIpc) is 3.33. The van der Waals surface area contributed by atoms with Crippen molar-refractivity contribution in [3.05, 3.63) is 0 Å². The summed E-state index contributed by atoms with van der Waals surface area (Å²) in [6.07, 6.45) is 6.17. The van der Waals surface area contributed by atoms with Crippen molar-refractivity contribution in [3.63, 3.8) is 0 Å². The highest BCUT2D eigenvalue weighted by molar-refractivity contribution is 7.81. The van der Waals surface area contributed by atoms with Crippen molar-refractivity contribution in [2.24, 2.45) is 52.3 Å². The maximum Gasteiger partial charge on any atom is 0.397 e. The van der Waals surface area contributed by atoms with Gasteiger partial charge in [-0.05, 0) is 111 Å². The van der Waals surface area contributed by atoms with E-state index in [1.165, 1.54) is 0 Å². The first-order chi connectivity index (χ1) is 21.3. The predicted octanol–water partition coefficient (Wildman–Crippen LogP) is 6.34. The van der Waals surface area contributed by atoms with E-state index in [9.17, 15) is 25.9 Å². The standard InChI is InChI=1S/C33H56O11S2/c1-8-13-33-40-26-17-24-22-11-10-21-16-25(42-45(34,35)36)27(43-46(37,38)39)18-31(21,6)23(22)12-14-30(24,5)29(26)32(7,44-33)28(41-33)15-20(9-2)19(3)4/h19-29H,8-18H2,1-7H3,(H,34,35,36)(H,37,38,39)/t20?,21-,22+,23-,24-,25?,26?,27?,28+,29?,30-,31-,32-,33?/m0/s1. The van der Waals surface area contributed by atoms with Crippen LogP contribution in [0, 0.1) is 52.3 Å². The Bertz CT molecular complexity index is 1370. The van der Waals surface area contributed by atoms with Crippen LogP contribution < -0.4 is 0 Å². The monoisotopic (exact) mass is 692 g/mol. The summed E-state index contributed by atoms with van der Waals surface area (Å²) in [4.78, 5) is 0. The molecule has 0 radical (unpaired) electrons. The van der Waals surface area contributed by atoms with Gasteiger partial charge in [0.15, 0.2) is 0 Å². The lowest BCUT2D eigenvalue weighted by atomic mass is 9.44. The third kappa shape index (κ3) is 5.93. The Kier molecular flexibility index (Phi) is 9.14. The summed E-state index contributed by atoms with van der Waals surface area (Å²) >= 11 is 0. The molecule has 2 N–H and O–H groups in total. The Hall–Kier alpha value is -0.380. The number of ether oxygens (including phenoxy) is 3. The first-order valence-corrected chi connectivity index (χ1v) is 20.4. The Morgan fingerprint density at radius 1 is 0.870 bits per heavy atom. The second-order valence-corrected chi connectivity index (χ2v) is 18.7. The maximum atomic E-state index is 11.8. The Labute approximate surface area is 276 Å². The fraction of sp³-hybridized carbons (Fsp3) is 1.00. The van der Waals surface area contributed by atoms with Gasteiger partial charge >= 0.3 is 20.8 Å². The van der Waals surface area contributed by atoms with Gasteiger partial charge in [0.2, 0.25) is 0 Å². The zero-order chi connectivity index (χ0) is 33.7. The van der Waals surface area contributed by atoms with Gasteiger partial charge in [0, 0.05) is 12.3 Å². The molecular weight excluding hydrogens is 636 g/mol. The highest BCUT2D eigenvalue weighted by Crippen LogP contribution is 2.72. The van der Waals surface area contributed by atoms with Crippen molar-refractivity contribution >= 4 is 20.8 Å². The van der Waals surface area contributed by atoms with E-state index in [1.807, 2.05) is 0 Å². The van der Waals surface area contributed by atoms with Crippen molar-refractivity contribution in [1.29, 1.82) is 0 Å². The molecule has 266 valence electrons.